The second kappa shape index (κ2) is 5.43. The Hall–Kier alpha value is -2.57. The Morgan fingerprint density at radius 2 is 1.95 bits per heavy atom. The zero-order chi connectivity index (χ0) is 15.6. The van der Waals surface area contributed by atoms with Crippen molar-refractivity contribution in [1.82, 2.24) is 4.98 Å². The van der Waals surface area contributed by atoms with Gasteiger partial charge in [0.05, 0.1) is 17.4 Å². The Morgan fingerprint density at radius 3 is 2.48 bits per heavy atom. The van der Waals surface area contributed by atoms with Gasteiger partial charge in [-0.15, -0.1) is 0 Å². The van der Waals surface area contributed by atoms with Gasteiger partial charge in [-0.05, 0) is 36.8 Å². The molecule has 1 aromatic heterocycles. The van der Waals surface area contributed by atoms with Crippen molar-refractivity contribution < 1.29 is 23.1 Å². The number of phenols is 1. The van der Waals surface area contributed by atoms with Crippen molar-refractivity contribution in [3.05, 3.63) is 53.3 Å². The van der Waals surface area contributed by atoms with Gasteiger partial charge < -0.3 is 10.4 Å². The molecule has 1 amide bonds. The SMILES string of the molecule is Cc1ccc(C(=O)Nc2ccc(C(F)(F)F)nc2)c(O)c1. The van der Waals surface area contributed by atoms with Crippen molar-refractivity contribution in [2.24, 2.45) is 0 Å². The molecule has 1 aromatic carbocycles. The van der Waals surface area contributed by atoms with Crippen molar-refractivity contribution in [3.63, 3.8) is 0 Å². The number of pyridine rings is 1. The van der Waals surface area contributed by atoms with Crippen LogP contribution in [0.25, 0.3) is 0 Å². The number of anilines is 1. The molecule has 0 bridgehead atoms. The highest BCUT2D eigenvalue weighted by molar-refractivity contribution is 6.06. The standard InChI is InChI=1S/C14H11F3N2O2/c1-8-2-4-10(11(20)6-8)13(21)19-9-3-5-12(18-7-9)14(15,16)17/h2-7,20H,1H3,(H,19,21). The quantitative estimate of drug-likeness (QED) is 0.893. The molecular formula is C14H11F3N2O2. The summed E-state index contributed by atoms with van der Waals surface area (Å²) in [4.78, 5) is 15.1. The number of nitrogens with zero attached hydrogens (tertiary/aromatic N) is 1. The number of phenolic OH excluding ortho intramolecular Hbond substituents is 1. The maximum atomic E-state index is 12.4. The largest absolute Gasteiger partial charge is 0.507 e. The predicted octanol–water partition coefficient (Wildman–Crippen LogP) is 3.37. The number of aromatic nitrogens is 1. The lowest BCUT2D eigenvalue weighted by Crippen LogP contribution is -2.13. The van der Waals surface area contributed by atoms with Gasteiger partial charge in [-0.3, -0.25) is 4.79 Å². The Morgan fingerprint density at radius 1 is 1.24 bits per heavy atom. The van der Waals surface area contributed by atoms with Crippen molar-refractivity contribution >= 4 is 11.6 Å². The molecule has 0 aliphatic heterocycles. The van der Waals surface area contributed by atoms with E-state index in [1.165, 1.54) is 12.1 Å². The molecule has 2 aromatic rings. The van der Waals surface area contributed by atoms with Crippen molar-refractivity contribution in [1.29, 1.82) is 0 Å². The van der Waals surface area contributed by atoms with Crippen LogP contribution in [0, 0.1) is 6.92 Å². The fourth-order valence-corrected chi connectivity index (χ4v) is 1.67. The van der Waals surface area contributed by atoms with E-state index in [4.69, 9.17) is 0 Å². The zero-order valence-corrected chi connectivity index (χ0v) is 10.9. The first kappa shape index (κ1) is 14.8. The number of rotatable bonds is 2. The highest BCUT2D eigenvalue weighted by Crippen LogP contribution is 2.28. The Kier molecular flexibility index (Phi) is 3.84. The monoisotopic (exact) mass is 296 g/mol. The summed E-state index contributed by atoms with van der Waals surface area (Å²) >= 11 is 0. The summed E-state index contributed by atoms with van der Waals surface area (Å²) in [5.41, 5.74) is -0.132. The number of carbonyl (C=O) groups is 1. The molecule has 0 spiro atoms. The zero-order valence-electron chi connectivity index (χ0n) is 10.9. The highest BCUT2D eigenvalue weighted by atomic mass is 19.4. The number of hydrogen-bond donors (Lipinski definition) is 2. The van der Waals surface area contributed by atoms with Crippen LogP contribution in [-0.2, 0) is 6.18 Å². The normalized spacial score (nSPS) is 11.2. The fraction of sp³-hybridized carbons (Fsp3) is 0.143. The first-order valence-corrected chi connectivity index (χ1v) is 5.91. The van der Waals surface area contributed by atoms with Gasteiger partial charge in [0.2, 0.25) is 0 Å². The first-order chi connectivity index (χ1) is 9.77. The van der Waals surface area contributed by atoms with Gasteiger partial charge >= 0.3 is 6.18 Å². The van der Waals surface area contributed by atoms with Crippen LogP contribution < -0.4 is 5.32 Å². The molecule has 7 heteroatoms. The lowest BCUT2D eigenvalue weighted by Gasteiger charge is -2.09. The molecule has 0 radical (unpaired) electrons. The Bertz CT molecular complexity index is 667. The molecule has 4 nitrogen and oxygen atoms in total. The summed E-state index contributed by atoms with van der Waals surface area (Å²) in [6, 6.07) is 6.35. The van der Waals surface area contributed by atoms with Crippen LogP contribution in [0.15, 0.2) is 36.5 Å². The van der Waals surface area contributed by atoms with E-state index in [-0.39, 0.29) is 17.0 Å². The predicted molar refractivity (Wildman–Crippen MR) is 70.0 cm³/mol. The summed E-state index contributed by atoms with van der Waals surface area (Å²) < 4.78 is 37.1. The molecule has 2 N–H and O–H groups in total. The molecule has 110 valence electrons. The molecular weight excluding hydrogens is 285 g/mol. The third-order valence-electron chi connectivity index (χ3n) is 2.71. The number of nitrogens with one attached hydrogen (secondary N) is 1. The molecule has 1 heterocycles. The Labute approximate surface area is 118 Å². The van der Waals surface area contributed by atoms with E-state index in [1.807, 2.05) is 0 Å². The summed E-state index contributed by atoms with van der Waals surface area (Å²) in [6.07, 6.45) is -3.62. The molecule has 0 unspecified atom stereocenters. The summed E-state index contributed by atoms with van der Waals surface area (Å²) in [6.45, 7) is 1.75. The summed E-state index contributed by atoms with van der Waals surface area (Å²) in [5, 5.41) is 12.0. The van der Waals surface area contributed by atoms with Crippen LogP contribution in [0.4, 0.5) is 18.9 Å². The van der Waals surface area contributed by atoms with Crippen molar-refractivity contribution in [2.75, 3.05) is 5.32 Å². The van der Waals surface area contributed by atoms with E-state index in [9.17, 15) is 23.1 Å². The second-order valence-electron chi connectivity index (χ2n) is 4.40. The van der Waals surface area contributed by atoms with E-state index < -0.39 is 17.8 Å². The first-order valence-electron chi connectivity index (χ1n) is 5.91. The Balaban J connectivity index is 2.16. The molecule has 0 saturated heterocycles. The molecule has 0 fully saturated rings. The number of halogens is 3. The van der Waals surface area contributed by atoms with Crippen LogP contribution in [-0.4, -0.2) is 16.0 Å². The van der Waals surface area contributed by atoms with Crippen LogP contribution in [0.1, 0.15) is 21.6 Å². The average molecular weight is 296 g/mol. The van der Waals surface area contributed by atoms with Gasteiger partial charge in [-0.1, -0.05) is 6.07 Å². The van der Waals surface area contributed by atoms with Gasteiger partial charge in [0.15, 0.2) is 0 Å². The second-order valence-corrected chi connectivity index (χ2v) is 4.40. The van der Waals surface area contributed by atoms with Crippen LogP contribution in [0.5, 0.6) is 5.75 Å². The summed E-state index contributed by atoms with van der Waals surface area (Å²) in [5.74, 6) is -0.832. The average Bonchev–Trinajstić information content (AvgIpc) is 2.38. The summed E-state index contributed by atoms with van der Waals surface area (Å²) in [7, 11) is 0. The van der Waals surface area contributed by atoms with E-state index in [0.29, 0.717) is 0 Å². The van der Waals surface area contributed by atoms with Crippen molar-refractivity contribution in [3.8, 4) is 5.75 Å². The molecule has 0 aliphatic carbocycles. The van der Waals surface area contributed by atoms with E-state index in [2.05, 4.69) is 10.3 Å². The third kappa shape index (κ3) is 3.50. The maximum Gasteiger partial charge on any atom is 0.433 e. The molecule has 21 heavy (non-hydrogen) atoms. The topological polar surface area (TPSA) is 62.2 Å². The number of carbonyl (C=O) groups excluding carboxylic acids is 1. The van der Waals surface area contributed by atoms with E-state index >= 15 is 0 Å². The number of alkyl halides is 3. The minimum absolute atomic E-state index is 0.0282. The van der Waals surface area contributed by atoms with Crippen LogP contribution in [0.3, 0.4) is 0 Å². The van der Waals surface area contributed by atoms with Gasteiger partial charge in [-0.2, -0.15) is 13.2 Å². The number of benzene rings is 1. The van der Waals surface area contributed by atoms with Gasteiger partial charge in [0.1, 0.15) is 11.4 Å². The number of aromatic hydroxyl groups is 1. The van der Waals surface area contributed by atoms with Crippen LogP contribution in [0.2, 0.25) is 0 Å². The minimum Gasteiger partial charge on any atom is -0.507 e. The lowest BCUT2D eigenvalue weighted by molar-refractivity contribution is -0.141. The lowest BCUT2D eigenvalue weighted by atomic mass is 10.1. The van der Waals surface area contributed by atoms with Crippen LogP contribution >= 0.6 is 0 Å². The molecule has 2 rings (SSSR count). The third-order valence-corrected chi connectivity index (χ3v) is 2.71. The minimum atomic E-state index is -4.53. The van der Waals surface area contributed by atoms with E-state index in [0.717, 1.165) is 23.9 Å². The molecule has 0 atom stereocenters. The van der Waals surface area contributed by atoms with E-state index in [1.54, 1.807) is 13.0 Å². The van der Waals surface area contributed by atoms with Gasteiger partial charge in [0.25, 0.3) is 5.91 Å². The smallest absolute Gasteiger partial charge is 0.433 e. The molecule has 0 saturated carbocycles. The number of hydrogen-bond acceptors (Lipinski definition) is 3. The van der Waals surface area contributed by atoms with Crippen molar-refractivity contribution in [2.45, 2.75) is 13.1 Å². The number of amides is 1. The number of aryl methyl sites for hydroxylation is 1. The molecule has 0 aliphatic rings. The maximum absolute atomic E-state index is 12.4. The highest BCUT2D eigenvalue weighted by Gasteiger charge is 2.32. The van der Waals surface area contributed by atoms with Gasteiger partial charge in [0, 0.05) is 0 Å². The fourth-order valence-electron chi connectivity index (χ4n) is 1.67. The van der Waals surface area contributed by atoms with Gasteiger partial charge in [-0.25, -0.2) is 4.98 Å².